The minimum atomic E-state index is -4.01. The Balaban J connectivity index is 3.16. The SMILES string of the molecule is CCN(CC/C(N)=N/O)S(=O)(=O)c1ccc(Cl)c(F)c1Cl. The quantitative estimate of drug-likeness (QED) is 0.268. The monoisotopic (exact) mass is 357 g/mol. The van der Waals surface area contributed by atoms with Gasteiger partial charge in [0.15, 0.2) is 5.82 Å². The second kappa shape index (κ2) is 7.26. The summed E-state index contributed by atoms with van der Waals surface area (Å²) in [6, 6.07) is 2.25. The smallest absolute Gasteiger partial charge is 0.244 e. The van der Waals surface area contributed by atoms with Crippen LogP contribution < -0.4 is 5.73 Å². The third-order valence-corrected chi connectivity index (χ3v) is 5.51. The van der Waals surface area contributed by atoms with E-state index in [1.807, 2.05) is 0 Å². The summed E-state index contributed by atoms with van der Waals surface area (Å²) in [5.74, 6) is -1.11. The molecule has 0 radical (unpaired) electrons. The van der Waals surface area contributed by atoms with E-state index in [4.69, 9.17) is 34.1 Å². The number of oxime groups is 1. The summed E-state index contributed by atoms with van der Waals surface area (Å²) in [6.45, 7) is 1.68. The summed E-state index contributed by atoms with van der Waals surface area (Å²) in [6.07, 6.45) is 0.0251. The highest BCUT2D eigenvalue weighted by Crippen LogP contribution is 2.31. The van der Waals surface area contributed by atoms with Gasteiger partial charge in [-0.25, -0.2) is 12.8 Å². The number of hydrogen-bond donors (Lipinski definition) is 2. The molecule has 118 valence electrons. The van der Waals surface area contributed by atoms with Crippen molar-refractivity contribution < 1.29 is 18.0 Å². The zero-order chi connectivity index (χ0) is 16.2. The van der Waals surface area contributed by atoms with Gasteiger partial charge < -0.3 is 10.9 Å². The van der Waals surface area contributed by atoms with E-state index < -0.39 is 20.9 Å². The molecule has 0 aromatic heterocycles. The lowest BCUT2D eigenvalue weighted by Gasteiger charge is -2.21. The largest absolute Gasteiger partial charge is 0.409 e. The molecule has 3 N–H and O–H groups in total. The van der Waals surface area contributed by atoms with E-state index in [1.165, 1.54) is 0 Å². The van der Waals surface area contributed by atoms with Crippen molar-refractivity contribution in [2.24, 2.45) is 10.9 Å². The molecule has 6 nitrogen and oxygen atoms in total. The summed E-state index contributed by atoms with van der Waals surface area (Å²) in [4.78, 5) is -0.382. The number of halogens is 3. The van der Waals surface area contributed by atoms with Crippen LogP contribution in [-0.4, -0.2) is 36.9 Å². The summed E-state index contributed by atoms with van der Waals surface area (Å²) in [5.41, 5.74) is 5.31. The number of amidine groups is 1. The standard InChI is InChI=1S/C11H14Cl2FN3O3S/c1-2-17(6-5-9(15)16-18)21(19,20)8-4-3-7(12)11(14)10(8)13/h3-4,18H,2,5-6H2,1H3,(H2,15,16). The van der Waals surface area contributed by atoms with Crippen molar-refractivity contribution in [1.82, 2.24) is 4.31 Å². The highest BCUT2D eigenvalue weighted by molar-refractivity contribution is 7.89. The van der Waals surface area contributed by atoms with Gasteiger partial charge in [0.25, 0.3) is 0 Å². The molecule has 0 amide bonds. The molecule has 0 aliphatic carbocycles. The number of hydrogen-bond acceptors (Lipinski definition) is 4. The molecule has 1 aromatic carbocycles. The van der Waals surface area contributed by atoms with Gasteiger partial charge in [-0.05, 0) is 12.1 Å². The normalized spacial score (nSPS) is 12.9. The summed E-state index contributed by atoms with van der Waals surface area (Å²) in [5, 5.41) is 10.4. The minimum absolute atomic E-state index is 0.0251. The van der Waals surface area contributed by atoms with Gasteiger partial charge in [0.2, 0.25) is 10.0 Å². The van der Waals surface area contributed by atoms with Crippen LogP contribution in [0.5, 0.6) is 0 Å². The number of nitrogens with two attached hydrogens (primary N) is 1. The first-order valence-electron chi connectivity index (χ1n) is 5.85. The fraction of sp³-hybridized carbons (Fsp3) is 0.364. The predicted octanol–water partition coefficient (Wildman–Crippen LogP) is 2.28. The molecule has 0 bridgehead atoms. The van der Waals surface area contributed by atoms with Crippen LogP contribution in [0.15, 0.2) is 22.2 Å². The molecule has 0 heterocycles. The second-order valence-electron chi connectivity index (χ2n) is 4.01. The topological polar surface area (TPSA) is 96.0 Å². The Hall–Kier alpha value is -1.09. The summed E-state index contributed by atoms with van der Waals surface area (Å²) < 4.78 is 39.6. The first-order chi connectivity index (χ1) is 9.75. The van der Waals surface area contributed by atoms with Crippen LogP contribution in [0.1, 0.15) is 13.3 Å². The van der Waals surface area contributed by atoms with E-state index in [1.54, 1.807) is 6.92 Å². The first-order valence-corrected chi connectivity index (χ1v) is 8.05. The maximum absolute atomic E-state index is 13.6. The third-order valence-electron chi connectivity index (χ3n) is 2.72. The van der Waals surface area contributed by atoms with Crippen molar-refractivity contribution in [3.05, 3.63) is 28.0 Å². The summed E-state index contributed by atoms with van der Waals surface area (Å²) >= 11 is 11.3. The molecule has 21 heavy (non-hydrogen) atoms. The van der Waals surface area contributed by atoms with Crippen LogP contribution in [0.25, 0.3) is 0 Å². The Labute approximate surface area is 132 Å². The molecule has 1 aromatic rings. The zero-order valence-electron chi connectivity index (χ0n) is 11.1. The van der Waals surface area contributed by atoms with Gasteiger partial charge in [0.05, 0.1) is 10.0 Å². The minimum Gasteiger partial charge on any atom is -0.409 e. The Kier molecular flexibility index (Phi) is 6.21. The Morgan fingerprint density at radius 1 is 1.48 bits per heavy atom. The van der Waals surface area contributed by atoms with Crippen molar-refractivity contribution in [3.63, 3.8) is 0 Å². The lowest BCUT2D eigenvalue weighted by molar-refractivity contribution is 0.315. The first kappa shape index (κ1) is 18.0. The van der Waals surface area contributed by atoms with Crippen molar-refractivity contribution in [2.45, 2.75) is 18.2 Å². The van der Waals surface area contributed by atoms with Crippen LogP contribution >= 0.6 is 23.2 Å². The fourth-order valence-corrected chi connectivity index (χ4v) is 3.75. The van der Waals surface area contributed by atoms with Gasteiger partial charge in [0.1, 0.15) is 10.7 Å². The van der Waals surface area contributed by atoms with E-state index >= 15 is 0 Å². The van der Waals surface area contributed by atoms with Gasteiger partial charge in [-0.1, -0.05) is 35.3 Å². The molecular formula is C11H14Cl2FN3O3S. The number of nitrogens with zero attached hydrogens (tertiary/aromatic N) is 2. The molecule has 0 saturated heterocycles. The maximum Gasteiger partial charge on any atom is 0.244 e. The average molecular weight is 358 g/mol. The van der Waals surface area contributed by atoms with Crippen LogP contribution in [0.3, 0.4) is 0 Å². The second-order valence-corrected chi connectivity index (χ2v) is 6.70. The lowest BCUT2D eigenvalue weighted by atomic mass is 10.3. The van der Waals surface area contributed by atoms with Gasteiger partial charge in [-0.15, -0.1) is 0 Å². The van der Waals surface area contributed by atoms with Crippen molar-refractivity contribution >= 4 is 39.1 Å². The van der Waals surface area contributed by atoms with Crippen molar-refractivity contribution in [2.75, 3.05) is 13.1 Å². The Morgan fingerprint density at radius 2 is 2.10 bits per heavy atom. The number of benzene rings is 1. The van der Waals surface area contributed by atoms with Crippen LogP contribution in [0.2, 0.25) is 10.0 Å². The van der Waals surface area contributed by atoms with E-state index in [9.17, 15) is 12.8 Å². The zero-order valence-corrected chi connectivity index (χ0v) is 13.4. The van der Waals surface area contributed by atoms with Gasteiger partial charge >= 0.3 is 0 Å². The van der Waals surface area contributed by atoms with Crippen molar-refractivity contribution in [1.29, 1.82) is 0 Å². The molecule has 0 atom stereocenters. The molecule has 0 saturated carbocycles. The number of sulfonamides is 1. The van der Waals surface area contributed by atoms with Gasteiger partial charge in [0, 0.05) is 19.5 Å². The van der Waals surface area contributed by atoms with Gasteiger partial charge in [-0.3, -0.25) is 0 Å². The van der Waals surface area contributed by atoms with Crippen LogP contribution in [-0.2, 0) is 10.0 Å². The maximum atomic E-state index is 13.6. The highest BCUT2D eigenvalue weighted by atomic mass is 35.5. The van der Waals surface area contributed by atoms with E-state index in [2.05, 4.69) is 5.16 Å². The van der Waals surface area contributed by atoms with Crippen LogP contribution in [0, 0.1) is 5.82 Å². The highest BCUT2D eigenvalue weighted by Gasteiger charge is 2.27. The molecule has 0 fully saturated rings. The molecule has 10 heteroatoms. The molecule has 0 aliphatic rings. The van der Waals surface area contributed by atoms with E-state index in [0.717, 1.165) is 16.4 Å². The summed E-state index contributed by atoms with van der Waals surface area (Å²) in [7, 11) is -4.01. The molecule has 0 spiro atoms. The Bertz CT molecular complexity index is 652. The third kappa shape index (κ3) is 3.97. The lowest BCUT2D eigenvalue weighted by Crippen LogP contribution is -2.34. The van der Waals surface area contributed by atoms with Crippen LogP contribution in [0.4, 0.5) is 4.39 Å². The number of rotatable bonds is 6. The molecule has 1 rings (SSSR count). The van der Waals surface area contributed by atoms with Gasteiger partial charge in [-0.2, -0.15) is 4.31 Å². The van der Waals surface area contributed by atoms with E-state index in [-0.39, 0.29) is 35.3 Å². The van der Waals surface area contributed by atoms with E-state index in [0.29, 0.717) is 0 Å². The molecule has 0 aliphatic heterocycles. The predicted molar refractivity (Wildman–Crippen MR) is 78.9 cm³/mol. The Morgan fingerprint density at radius 3 is 2.62 bits per heavy atom. The van der Waals surface area contributed by atoms with Crippen molar-refractivity contribution in [3.8, 4) is 0 Å². The molecule has 0 unspecified atom stereocenters. The average Bonchev–Trinajstić information content (AvgIpc) is 2.44. The fourth-order valence-electron chi connectivity index (χ4n) is 1.58. The molecular weight excluding hydrogens is 344 g/mol.